The third-order valence-corrected chi connectivity index (χ3v) is 6.86. The molecule has 0 amide bonds. The summed E-state index contributed by atoms with van der Waals surface area (Å²) in [5, 5.41) is 3.71. The summed E-state index contributed by atoms with van der Waals surface area (Å²) < 4.78 is 16.2. The number of carbonyl (C=O) groups excluding carboxylic acids is 1. The van der Waals surface area contributed by atoms with E-state index in [4.69, 9.17) is 14.2 Å². The van der Waals surface area contributed by atoms with Gasteiger partial charge in [-0.05, 0) is 45.5 Å². The fourth-order valence-corrected chi connectivity index (χ4v) is 5.24. The van der Waals surface area contributed by atoms with Crippen LogP contribution in [-0.4, -0.2) is 25.9 Å². The van der Waals surface area contributed by atoms with Gasteiger partial charge >= 0.3 is 5.97 Å². The molecule has 1 aliphatic carbocycles. The number of hydrogen-bond donors (Lipinski definition) is 1. The lowest BCUT2D eigenvalue weighted by molar-refractivity contribution is -0.142. The highest BCUT2D eigenvalue weighted by Crippen LogP contribution is 2.51. The van der Waals surface area contributed by atoms with Gasteiger partial charge in [-0.3, -0.25) is 10.1 Å². The maximum atomic E-state index is 13.1. The first-order valence-corrected chi connectivity index (χ1v) is 11.9. The Morgan fingerprint density at radius 2 is 1.50 bits per heavy atom. The Morgan fingerprint density at radius 3 is 2.19 bits per heavy atom. The van der Waals surface area contributed by atoms with E-state index in [1.807, 2.05) is 72.8 Å². The first-order chi connectivity index (χ1) is 17.7. The van der Waals surface area contributed by atoms with Crippen LogP contribution in [0.2, 0.25) is 0 Å². The molecule has 4 aromatic carbocycles. The van der Waals surface area contributed by atoms with Gasteiger partial charge < -0.3 is 14.2 Å². The molecule has 1 atom stereocenters. The minimum absolute atomic E-state index is 0.216. The number of rotatable bonds is 6. The number of methoxy groups -OCH3 is 1. The monoisotopic (exact) mass is 475 g/mol. The van der Waals surface area contributed by atoms with E-state index in [1.54, 1.807) is 0 Å². The third-order valence-electron chi connectivity index (χ3n) is 6.86. The quantitative estimate of drug-likeness (QED) is 0.372. The minimum Gasteiger partial charge on any atom is -0.468 e. The Hall–Kier alpha value is -4.35. The lowest BCUT2D eigenvalue weighted by Crippen LogP contribution is -2.51. The van der Waals surface area contributed by atoms with Crippen LogP contribution in [0.3, 0.4) is 0 Å². The fourth-order valence-electron chi connectivity index (χ4n) is 5.24. The maximum Gasteiger partial charge on any atom is 0.326 e. The fraction of sp³-hybridized carbons (Fsp3) is 0.129. The molecule has 1 N–H and O–H groups in total. The van der Waals surface area contributed by atoms with Crippen LogP contribution in [0.25, 0.3) is 17.2 Å². The van der Waals surface area contributed by atoms with E-state index in [0.29, 0.717) is 5.75 Å². The molecule has 2 aliphatic rings. The minimum atomic E-state index is -0.744. The number of ether oxygens (including phenoxy) is 3. The number of benzene rings is 4. The standard InChI is InChI=1S/C31H25NO4/c1-34-30(33)27(17-15-21-16-18-28-29(19-21)36-20-35-28)32-31(22-9-3-2-4-10-22)25-13-7-5-11-23(25)24-12-6-8-14-26(24)31/h2-19,27,32H,20H2,1H3/b17-15+/t27-/m0/s1. The molecule has 0 aromatic heterocycles. The van der Waals surface area contributed by atoms with Crippen molar-refractivity contribution in [2.45, 2.75) is 11.6 Å². The van der Waals surface area contributed by atoms with E-state index in [1.165, 1.54) is 7.11 Å². The molecule has 5 heteroatoms. The van der Waals surface area contributed by atoms with Gasteiger partial charge in [0.2, 0.25) is 6.79 Å². The van der Waals surface area contributed by atoms with Crippen LogP contribution in [0.15, 0.2) is 103 Å². The highest BCUT2D eigenvalue weighted by molar-refractivity contribution is 5.85. The van der Waals surface area contributed by atoms with Crippen LogP contribution in [0, 0.1) is 0 Å². The number of fused-ring (bicyclic) bond motifs is 4. The molecule has 36 heavy (non-hydrogen) atoms. The van der Waals surface area contributed by atoms with Crippen LogP contribution in [0.4, 0.5) is 0 Å². The summed E-state index contributed by atoms with van der Waals surface area (Å²) >= 11 is 0. The predicted octanol–water partition coefficient (Wildman–Crippen LogP) is 5.53. The number of nitrogens with one attached hydrogen (secondary N) is 1. The molecule has 0 unspecified atom stereocenters. The SMILES string of the molecule is COC(=O)[C@H](/C=C/c1ccc2c(c1)OCO2)NC1(c2ccccc2)c2ccccc2-c2ccccc21. The molecule has 0 saturated heterocycles. The zero-order valence-electron chi connectivity index (χ0n) is 19.8. The van der Waals surface area contributed by atoms with Crippen molar-refractivity contribution in [2.24, 2.45) is 0 Å². The van der Waals surface area contributed by atoms with E-state index in [9.17, 15) is 4.79 Å². The molecule has 4 aromatic rings. The molecular formula is C31H25NO4. The van der Waals surface area contributed by atoms with Gasteiger partial charge in [-0.2, -0.15) is 0 Å². The van der Waals surface area contributed by atoms with Crippen LogP contribution >= 0.6 is 0 Å². The van der Waals surface area contributed by atoms with Crippen molar-refractivity contribution < 1.29 is 19.0 Å². The molecule has 178 valence electrons. The summed E-state index contributed by atoms with van der Waals surface area (Å²) in [5.74, 6) is 1.04. The zero-order valence-corrected chi connectivity index (χ0v) is 19.8. The van der Waals surface area contributed by atoms with Gasteiger partial charge in [0.25, 0.3) is 0 Å². The largest absolute Gasteiger partial charge is 0.468 e. The molecule has 1 aliphatic heterocycles. The van der Waals surface area contributed by atoms with Gasteiger partial charge in [-0.25, -0.2) is 0 Å². The molecule has 6 rings (SSSR count). The average Bonchev–Trinajstić information content (AvgIpc) is 3.52. The lowest BCUT2D eigenvalue weighted by Gasteiger charge is -2.36. The van der Waals surface area contributed by atoms with E-state index in [0.717, 1.165) is 39.1 Å². The average molecular weight is 476 g/mol. The molecule has 0 saturated carbocycles. The van der Waals surface area contributed by atoms with Gasteiger partial charge in [0, 0.05) is 0 Å². The Morgan fingerprint density at radius 1 is 0.861 bits per heavy atom. The number of hydrogen-bond acceptors (Lipinski definition) is 5. The normalized spacial score (nSPS) is 15.4. The summed E-state index contributed by atoms with van der Waals surface area (Å²) in [7, 11) is 1.41. The van der Waals surface area contributed by atoms with Crippen molar-refractivity contribution in [3.05, 3.63) is 125 Å². The van der Waals surface area contributed by atoms with Crippen molar-refractivity contribution in [1.29, 1.82) is 0 Å². The van der Waals surface area contributed by atoms with Crippen molar-refractivity contribution in [1.82, 2.24) is 5.32 Å². The third kappa shape index (κ3) is 3.56. The molecule has 0 bridgehead atoms. The second kappa shape index (κ2) is 9.02. The van der Waals surface area contributed by atoms with Gasteiger partial charge in [0.05, 0.1) is 12.6 Å². The number of esters is 1. The molecule has 0 fully saturated rings. The van der Waals surface area contributed by atoms with E-state index >= 15 is 0 Å². The van der Waals surface area contributed by atoms with E-state index < -0.39 is 11.6 Å². The topological polar surface area (TPSA) is 56.8 Å². The Labute approximate surface area is 210 Å². The highest BCUT2D eigenvalue weighted by Gasteiger charge is 2.46. The summed E-state index contributed by atoms with van der Waals surface area (Å²) in [6, 6.07) is 32.0. The first kappa shape index (κ1) is 22.1. The van der Waals surface area contributed by atoms with Crippen LogP contribution in [0.1, 0.15) is 22.3 Å². The van der Waals surface area contributed by atoms with Gasteiger partial charge in [-0.15, -0.1) is 0 Å². The molecule has 1 heterocycles. The van der Waals surface area contributed by atoms with Crippen LogP contribution in [0.5, 0.6) is 11.5 Å². The first-order valence-electron chi connectivity index (χ1n) is 11.9. The molecule has 5 nitrogen and oxygen atoms in total. The van der Waals surface area contributed by atoms with Crippen LogP contribution < -0.4 is 14.8 Å². The Balaban J connectivity index is 1.48. The van der Waals surface area contributed by atoms with Gasteiger partial charge in [0.15, 0.2) is 11.5 Å². The zero-order chi connectivity index (χ0) is 24.5. The van der Waals surface area contributed by atoms with E-state index in [-0.39, 0.29) is 12.8 Å². The maximum absolute atomic E-state index is 13.1. The lowest BCUT2D eigenvalue weighted by atomic mass is 9.80. The van der Waals surface area contributed by atoms with E-state index in [2.05, 4.69) is 41.7 Å². The van der Waals surface area contributed by atoms with Gasteiger partial charge in [0.1, 0.15) is 6.04 Å². The summed E-state index contributed by atoms with van der Waals surface area (Å²) in [6.45, 7) is 0.216. The second-order valence-electron chi connectivity index (χ2n) is 8.82. The van der Waals surface area contributed by atoms with Crippen molar-refractivity contribution in [3.63, 3.8) is 0 Å². The Bertz CT molecular complexity index is 1420. The second-order valence-corrected chi connectivity index (χ2v) is 8.82. The number of carbonyl (C=O) groups is 1. The molecule has 0 radical (unpaired) electrons. The Kier molecular flexibility index (Phi) is 5.55. The smallest absolute Gasteiger partial charge is 0.326 e. The molecule has 0 spiro atoms. The molecular weight excluding hydrogens is 450 g/mol. The van der Waals surface area contributed by atoms with Gasteiger partial charge in [-0.1, -0.05) is 97.1 Å². The van der Waals surface area contributed by atoms with Crippen molar-refractivity contribution in [2.75, 3.05) is 13.9 Å². The predicted molar refractivity (Wildman–Crippen MR) is 139 cm³/mol. The van der Waals surface area contributed by atoms with Crippen molar-refractivity contribution in [3.8, 4) is 22.6 Å². The summed E-state index contributed by atoms with van der Waals surface area (Å²) in [4.78, 5) is 13.1. The highest BCUT2D eigenvalue weighted by atomic mass is 16.7. The van der Waals surface area contributed by atoms with Crippen LogP contribution in [-0.2, 0) is 15.1 Å². The summed E-state index contributed by atoms with van der Waals surface area (Å²) in [5.41, 5.74) is 5.70. The summed E-state index contributed by atoms with van der Waals surface area (Å²) in [6.07, 6.45) is 3.75. The van der Waals surface area contributed by atoms with Crippen molar-refractivity contribution >= 4 is 12.0 Å².